The molecular formula is C15H18N4O4. The van der Waals surface area contributed by atoms with Crippen LogP contribution in [0.1, 0.15) is 12.8 Å². The van der Waals surface area contributed by atoms with Gasteiger partial charge in [-0.1, -0.05) is 0 Å². The normalized spacial score (nSPS) is 21.7. The predicted molar refractivity (Wildman–Crippen MR) is 82.4 cm³/mol. The van der Waals surface area contributed by atoms with Gasteiger partial charge in [0.05, 0.1) is 24.6 Å². The number of rotatable bonds is 3. The zero-order chi connectivity index (χ0) is 15.6. The number of ether oxygens (including phenoxy) is 2. The third-order valence-electron chi connectivity index (χ3n) is 4.23. The molecule has 0 aliphatic carbocycles. The fourth-order valence-electron chi connectivity index (χ4n) is 3.01. The molecule has 2 saturated heterocycles. The summed E-state index contributed by atoms with van der Waals surface area (Å²) in [6.45, 7) is 3.59. The summed E-state index contributed by atoms with van der Waals surface area (Å²) in [5.41, 5.74) is 2.75. The van der Waals surface area contributed by atoms with Crippen LogP contribution in [0.3, 0.4) is 0 Å². The summed E-state index contributed by atoms with van der Waals surface area (Å²) in [4.78, 5) is 14.4. The second-order valence-electron chi connectivity index (χ2n) is 5.68. The number of aromatic nitrogens is 2. The van der Waals surface area contributed by atoms with E-state index in [0.717, 1.165) is 31.6 Å². The van der Waals surface area contributed by atoms with Gasteiger partial charge in [0.25, 0.3) is 5.91 Å². The van der Waals surface area contributed by atoms with Crippen LogP contribution in [0.15, 0.2) is 16.8 Å². The molecule has 4 rings (SSSR count). The van der Waals surface area contributed by atoms with E-state index in [1.165, 1.54) is 0 Å². The van der Waals surface area contributed by atoms with E-state index in [-0.39, 0.29) is 12.0 Å². The maximum Gasteiger partial charge on any atom is 0.253 e. The van der Waals surface area contributed by atoms with Crippen molar-refractivity contribution >= 4 is 28.3 Å². The summed E-state index contributed by atoms with van der Waals surface area (Å²) >= 11 is 0. The number of carbonyl (C=O) groups is 1. The maximum absolute atomic E-state index is 12.2. The summed E-state index contributed by atoms with van der Waals surface area (Å²) in [5, 5.41) is 10.8. The van der Waals surface area contributed by atoms with Crippen molar-refractivity contribution in [3.8, 4) is 0 Å². The van der Waals surface area contributed by atoms with Gasteiger partial charge in [0.2, 0.25) is 0 Å². The highest BCUT2D eigenvalue weighted by molar-refractivity contribution is 6.04. The predicted octanol–water partition coefficient (Wildman–Crippen LogP) is 1.18. The first-order valence-corrected chi connectivity index (χ1v) is 7.83. The summed E-state index contributed by atoms with van der Waals surface area (Å²) in [6.07, 6.45) is 1.27. The molecule has 0 spiro atoms. The van der Waals surface area contributed by atoms with Crippen molar-refractivity contribution in [1.29, 1.82) is 0 Å². The quantitative estimate of drug-likeness (QED) is 0.908. The van der Waals surface area contributed by atoms with Crippen LogP contribution >= 0.6 is 0 Å². The Balaban J connectivity index is 1.61. The van der Waals surface area contributed by atoms with Gasteiger partial charge in [-0.2, -0.15) is 0 Å². The molecule has 1 aromatic heterocycles. The molecule has 1 aromatic carbocycles. The number of anilines is 2. The molecular weight excluding hydrogens is 300 g/mol. The molecule has 2 aliphatic rings. The lowest BCUT2D eigenvalue weighted by Gasteiger charge is -2.28. The minimum atomic E-state index is -0.385. The van der Waals surface area contributed by atoms with E-state index in [9.17, 15) is 4.79 Å². The monoisotopic (exact) mass is 318 g/mol. The summed E-state index contributed by atoms with van der Waals surface area (Å²) in [7, 11) is 0. The lowest BCUT2D eigenvalue weighted by atomic mass is 10.2. The van der Waals surface area contributed by atoms with Gasteiger partial charge in [0.1, 0.15) is 6.10 Å². The van der Waals surface area contributed by atoms with Gasteiger partial charge < -0.3 is 19.7 Å². The Morgan fingerprint density at radius 1 is 1.17 bits per heavy atom. The van der Waals surface area contributed by atoms with Gasteiger partial charge in [0, 0.05) is 19.7 Å². The molecule has 0 bridgehead atoms. The fourth-order valence-corrected chi connectivity index (χ4v) is 3.01. The first-order valence-electron chi connectivity index (χ1n) is 7.83. The van der Waals surface area contributed by atoms with Crippen LogP contribution in [0.2, 0.25) is 0 Å². The first kappa shape index (κ1) is 14.4. The highest BCUT2D eigenvalue weighted by Crippen LogP contribution is 2.30. The van der Waals surface area contributed by atoms with Crippen LogP contribution in [0.4, 0.5) is 11.4 Å². The van der Waals surface area contributed by atoms with Crippen molar-refractivity contribution in [2.75, 3.05) is 43.1 Å². The van der Waals surface area contributed by atoms with E-state index in [0.29, 0.717) is 36.5 Å². The van der Waals surface area contributed by atoms with Crippen molar-refractivity contribution in [2.24, 2.45) is 0 Å². The fraction of sp³-hybridized carbons (Fsp3) is 0.533. The molecule has 2 aromatic rings. The Bertz CT molecular complexity index is 705. The smallest absolute Gasteiger partial charge is 0.253 e. The molecule has 23 heavy (non-hydrogen) atoms. The van der Waals surface area contributed by atoms with Crippen molar-refractivity contribution in [1.82, 2.24) is 10.3 Å². The number of hydrogen-bond donors (Lipinski definition) is 1. The van der Waals surface area contributed by atoms with Gasteiger partial charge in [-0.25, -0.2) is 4.63 Å². The van der Waals surface area contributed by atoms with Crippen LogP contribution in [-0.2, 0) is 14.3 Å². The van der Waals surface area contributed by atoms with E-state index in [1.807, 2.05) is 12.1 Å². The molecule has 0 saturated carbocycles. The van der Waals surface area contributed by atoms with E-state index in [2.05, 4.69) is 20.5 Å². The number of benzene rings is 1. The van der Waals surface area contributed by atoms with Crippen molar-refractivity contribution in [3.63, 3.8) is 0 Å². The zero-order valence-electron chi connectivity index (χ0n) is 12.7. The van der Waals surface area contributed by atoms with Crippen LogP contribution in [0.25, 0.3) is 11.0 Å². The van der Waals surface area contributed by atoms with Crippen molar-refractivity contribution < 1.29 is 18.9 Å². The number of amides is 1. The molecule has 122 valence electrons. The average Bonchev–Trinajstić information content (AvgIpc) is 3.28. The SMILES string of the molecule is O=C(Nc1ccc(N2CCOCC2)c2nonc12)[C@H]1CCCO1. The molecule has 1 amide bonds. The second-order valence-corrected chi connectivity index (χ2v) is 5.68. The number of nitrogens with one attached hydrogen (secondary N) is 1. The first-order chi connectivity index (χ1) is 11.3. The van der Waals surface area contributed by atoms with Crippen LogP contribution < -0.4 is 10.2 Å². The molecule has 8 heteroatoms. The molecule has 2 aliphatic heterocycles. The Hall–Kier alpha value is -2.19. The summed E-state index contributed by atoms with van der Waals surface area (Å²) in [5.74, 6) is -0.147. The lowest BCUT2D eigenvalue weighted by molar-refractivity contribution is -0.124. The Morgan fingerprint density at radius 2 is 2.00 bits per heavy atom. The van der Waals surface area contributed by atoms with Crippen LogP contribution in [0.5, 0.6) is 0 Å². The van der Waals surface area contributed by atoms with Crippen molar-refractivity contribution in [2.45, 2.75) is 18.9 Å². The summed E-state index contributed by atoms with van der Waals surface area (Å²) < 4.78 is 15.7. The van der Waals surface area contributed by atoms with E-state index < -0.39 is 0 Å². The van der Waals surface area contributed by atoms with Crippen molar-refractivity contribution in [3.05, 3.63) is 12.1 Å². The van der Waals surface area contributed by atoms with Gasteiger partial charge in [-0.05, 0) is 35.3 Å². The van der Waals surface area contributed by atoms with Gasteiger partial charge in [-0.3, -0.25) is 4.79 Å². The molecule has 8 nitrogen and oxygen atoms in total. The highest BCUT2D eigenvalue weighted by atomic mass is 16.6. The minimum absolute atomic E-state index is 0.147. The standard InChI is InChI=1S/C15H18N4O4/c20-15(12-2-1-7-22-12)16-10-3-4-11(14-13(10)17-23-18-14)19-5-8-21-9-6-19/h3-4,12H,1-2,5-9H2,(H,16,20)/t12-/m1/s1. The van der Waals surface area contributed by atoms with Gasteiger partial charge >= 0.3 is 0 Å². The van der Waals surface area contributed by atoms with Crippen LogP contribution in [-0.4, -0.2) is 55.2 Å². The minimum Gasteiger partial charge on any atom is -0.378 e. The van der Waals surface area contributed by atoms with E-state index in [4.69, 9.17) is 14.1 Å². The highest BCUT2D eigenvalue weighted by Gasteiger charge is 2.25. The second kappa shape index (κ2) is 6.13. The van der Waals surface area contributed by atoms with Crippen LogP contribution in [0, 0.1) is 0 Å². The van der Waals surface area contributed by atoms with E-state index in [1.54, 1.807) is 0 Å². The molecule has 0 unspecified atom stereocenters. The Labute approximate surface area is 132 Å². The number of carbonyl (C=O) groups excluding carboxylic acids is 1. The molecule has 2 fully saturated rings. The average molecular weight is 318 g/mol. The zero-order valence-corrected chi connectivity index (χ0v) is 12.7. The Kier molecular flexibility index (Phi) is 3.84. The summed E-state index contributed by atoms with van der Waals surface area (Å²) in [6, 6.07) is 3.77. The van der Waals surface area contributed by atoms with Gasteiger partial charge in [-0.15, -0.1) is 0 Å². The van der Waals surface area contributed by atoms with E-state index >= 15 is 0 Å². The third-order valence-corrected chi connectivity index (χ3v) is 4.23. The lowest BCUT2D eigenvalue weighted by Crippen LogP contribution is -2.36. The number of fused-ring (bicyclic) bond motifs is 1. The number of nitrogens with zero attached hydrogens (tertiary/aromatic N) is 3. The topological polar surface area (TPSA) is 89.7 Å². The maximum atomic E-state index is 12.2. The third kappa shape index (κ3) is 2.75. The van der Waals surface area contributed by atoms with Gasteiger partial charge in [0.15, 0.2) is 11.0 Å². The number of morpholine rings is 1. The molecule has 3 heterocycles. The number of hydrogen-bond acceptors (Lipinski definition) is 7. The molecule has 1 atom stereocenters. The molecule has 0 radical (unpaired) electrons. The Morgan fingerprint density at radius 3 is 2.78 bits per heavy atom. The largest absolute Gasteiger partial charge is 0.378 e. The molecule has 1 N–H and O–H groups in total.